The van der Waals surface area contributed by atoms with E-state index in [0.29, 0.717) is 37.7 Å². The highest BCUT2D eigenvalue weighted by Gasteiger charge is 2.68. The highest BCUT2D eigenvalue weighted by atomic mass is 16.5. The van der Waals surface area contributed by atoms with Gasteiger partial charge in [0.2, 0.25) is 11.7 Å². The van der Waals surface area contributed by atoms with Crippen molar-refractivity contribution in [1.29, 1.82) is 0 Å². The number of allylic oxidation sites excluding steroid dienone is 1. The Morgan fingerprint density at radius 1 is 1.02 bits per heavy atom. The second-order valence-corrected chi connectivity index (χ2v) is 13.6. The Labute approximate surface area is 261 Å². The Kier molecular flexibility index (Phi) is 8.89. The van der Waals surface area contributed by atoms with Crippen molar-refractivity contribution in [2.45, 2.75) is 89.4 Å². The van der Waals surface area contributed by atoms with Gasteiger partial charge in [0.05, 0.1) is 6.42 Å². The standard InChI is InChI=1S/C34H41NO10/c1-32-14-12-21(36)16-20(32)8-9-22-23-13-15-34(44,33(23,2)17-24(37)28(22)32)25(38)18-45-27(40)11-10-26(39)35-29(31(42)43)30(41)19-6-4-3-5-7-19/h3-7,16,22-23,28-30,41,44H,8-15,17-18H2,1-2H3,(H,35,39)(H,42,43)/t22-,23+,28+,29+,30-,32+,33+,34+/m1/s1. The Morgan fingerprint density at radius 2 is 1.73 bits per heavy atom. The first-order chi connectivity index (χ1) is 21.2. The molecule has 4 aliphatic carbocycles. The molecule has 1 aromatic rings. The lowest BCUT2D eigenvalue weighted by Crippen LogP contribution is -2.61. The van der Waals surface area contributed by atoms with Gasteiger partial charge in [0.1, 0.15) is 17.5 Å². The molecule has 4 N–H and O–H groups in total. The third-order valence-electron chi connectivity index (χ3n) is 11.2. The predicted octanol–water partition coefficient (Wildman–Crippen LogP) is 2.62. The van der Waals surface area contributed by atoms with Crippen LogP contribution in [0.5, 0.6) is 0 Å². The quantitative estimate of drug-likeness (QED) is 0.283. The van der Waals surface area contributed by atoms with Crippen molar-refractivity contribution < 1.29 is 48.8 Å². The van der Waals surface area contributed by atoms with Crippen molar-refractivity contribution in [1.82, 2.24) is 5.32 Å². The third-order valence-corrected chi connectivity index (χ3v) is 11.2. The summed E-state index contributed by atoms with van der Waals surface area (Å²) in [5.74, 6) is -4.12. The van der Waals surface area contributed by atoms with Crippen molar-refractivity contribution in [3.63, 3.8) is 0 Å². The highest BCUT2D eigenvalue weighted by Crippen LogP contribution is 2.66. The van der Waals surface area contributed by atoms with E-state index < -0.39 is 71.7 Å². The van der Waals surface area contributed by atoms with Gasteiger partial charge >= 0.3 is 11.9 Å². The molecule has 11 heteroatoms. The molecular formula is C34H41NO10. The molecule has 4 aliphatic rings. The van der Waals surface area contributed by atoms with Crippen molar-refractivity contribution >= 4 is 35.2 Å². The van der Waals surface area contributed by atoms with Crippen LogP contribution in [0, 0.1) is 28.6 Å². The van der Waals surface area contributed by atoms with Gasteiger partial charge in [0, 0.05) is 30.6 Å². The second kappa shape index (κ2) is 12.2. The van der Waals surface area contributed by atoms with E-state index in [2.05, 4.69) is 12.2 Å². The zero-order valence-corrected chi connectivity index (χ0v) is 25.6. The zero-order valence-electron chi connectivity index (χ0n) is 25.6. The number of Topliss-reactive ketones (excluding diaryl/α,β-unsaturated/α-hetero) is 2. The number of esters is 1. The average Bonchev–Trinajstić information content (AvgIpc) is 3.28. The summed E-state index contributed by atoms with van der Waals surface area (Å²) in [6.07, 6.45) is 2.45. The fourth-order valence-corrected chi connectivity index (χ4v) is 8.76. The van der Waals surface area contributed by atoms with E-state index in [4.69, 9.17) is 4.74 Å². The molecule has 11 nitrogen and oxygen atoms in total. The van der Waals surface area contributed by atoms with Gasteiger partial charge in [-0.25, -0.2) is 4.79 Å². The number of benzene rings is 1. The number of aliphatic hydroxyl groups is 2. The van der Waals surface area contributed by atoms with Crippen LogP contribution >= 0.6 is 0 Å². The summed E-state index contributed by atoms with van der Waals surface area (Å²) in [6.45, 7) is 3.13. The molecule has 0 bridgehead atoms. The number of hydrogen-bond donors (Lipinski definition) is 4. The Morgan fingerprint density at radius 3 is 2.42 bits per heavy atom. The highest BCUT2D eigenvalue weighted by molar-refractivity contribution is 5.95. The molecular weight excluding hydrogens is 582 g/mol. The van der Waals surface area contributed by atoms with Gasteiger partial charge in [0.15, 0.2) is 18.4 Å². The summed E-state index contributed by atoms with van der Waals surface area (Å²) in [7, 11) is 0. The summed E-state index contributed by atoms with van der Waals surface area (Å²) in [5, 5.41) is 33.9. The molecule has 1 amide bonds. The minimum atomic E-state index is -1.86. The fraction of sp³-hybridized carbons (Fsp3) is 0.588. The first-order valence-corrected chi connectivity index (χ1v) is 15.6. The minimum Gasteiger partial charge on any atom is -0.480 e. The topological polar surface area (TPSA) is 184 Å². The van der Waals surface area contributed by atoms with Gasteiger partial charge in [-0.1, -0.05) is 49.8 Å². The number of amides is 1. The lowest BCUT2D eigenvalue weighted by molar-refractivity contribution is -0.173. The number of carboxylic acid groups (broad SMARTS) is 1. The van der Waals surface area contributed by atoms with E-state index in [-0.39, 0.29) is 42.2 Å². The molecule has 0 unspecified atom stereocenters. The summed E-state index contributed by atoms with van der Waals surface area (Å²) >= 11 is 0. The Bertz CT molecular complexity index is 1440. The molecule has 242 valence electrons. The molecule has 0 heterocycles. The van der Waals surface area contributed by atoms with E-state index in [1.807, 2.05) is 0 Å². The van der Waals surface area contributed by atoms with E-state index in [9.17, 15) is 44.1 Å². The largest absolute Gasteiger partial charge is 0.480 e. The average molecular weight is 624 g/mol. The minimum absolute atomic E-state index is 0.00520. The van der Waals surface area contributed by atoms with Crippen molar-refractivity contribution in [3.05, 3.63) is 47.5 Å². The van der Waals surface area contributed by atoms with Crippen molar-refractivity contribution in [2.75, 3.05) is 6.61 Å². The molecule has 5 rings (SSSR count). The predicted molar refractivity (Wildman–Crippen MR) is 158 cm³/mol. The number of rotatable bonds is 10. The normalized spacial score (nSPS) is 33.5. The van der Waals surface area contributed by atoms with Crippen LogP contribution in [0.1, 0.15) is 83.3 Å². The molecule has 3 fully saturated rings. The number of aliphatic carboxylic acids is 1. The first kappa shape index (κ1) is 32.7. The van der Waals surface area contributed by atoms with Gasteiger partial charge in [-0.3, -0.25) is 24.0 Å². The lowest BCUT2D eigenvalue weighted by atomic mass is 9.46. The van der Waals surface area contributed by atoms with Crippen LogP contribution < -0.4 is 5.32 Å². The number of carbonyl (C=O) groups excluding carboxylic acids is 5. The van der Waals surface area contributed by atoms with E-state index in [1.165, 1.54) is 12.1 Å². The first-order valence-electron chi connectivity index (χ1n) is 15.6. The number of ether oxygens (including phenoxy) is 1. The Balaban J connectivity index is 1.17. The lowest BCUT2D eigenvalue weighted by Gasteiger charge is -2.57. The Hall–Kier alpha value is -3.70. The molecule has 1 aromatic carbocycles. The molecule has 0 spiro atoms. The van der Waals surface area contributed by atoms with Crippen molar-refractivity contribution in [3.8, 4) is 0 Å². The van der Waals surface area contributed by atoms with Crippen LogP contribution in [0.25, 0.3) is 0 Å². The number of carbonyl (C=O) groups is 6. The molecule has 0 saturated heterocycles. The summed E-state index contributed by atoms with van der Waals surface area (Å²) in [5.41, 5.74) is -1.96. The maximum Gasteiger partial charge on any atom is 0.329 e. The van der Waals surface area contributed by atoms with Crippen molar-refractivity contribution in [2.24, 2.45) is 28.6 Å². The summed E-state index contributed by atoms with van der Waals surface area (Å²) in [4.78, 5) is 75.9. The molecule has 0 radical (unpaired) electrons. The van der Waals surface area contributed by atoms with Gasteiger partial charge in [0.25, 0.3) is 0 Å². The van der Waals surface area contributed by atoms with Crippen LogP contribution in [-0.2, 0) is 33.5 Å². The van der Waals surface area contributed by atoms with Crippen LogP contribution in [0.15, 0.2) is 42.0 Å². The molecule has 8 atom stereocenters. The number of fused-ring (bicyclic) bond motifs is 5. The number of nitrogens with one attached hydrogen (secondary N) is 1. The number of aliphatic hydroxyl groups excluding tert-OH is 1. The van der Waals surface area contributed by atoms with Crippen LogP contribution in [-0.4, -0.2) is 68.8 Å². The van der Waals surface area contributed by atoms with E-state index in [1.54, 1.807) is 31.2 Å². The van der Waals surface area contributed by atoms with Crippen LogP contribution in [0.4, 0.5) is 0 Å². The maximum absolute atomic E-state index is 13.8. The van der Waals surface area contributed by atoms with Crippen LogP contribution in [0.3, 0.4) is 0 Å². The van der Waals surface area contributed by atoms with Gasteiger partial charge < -0.3 is 25.4 Å². The van der Waals surface area contributed by atoms with Gasteiger partial charge in [-0.05, 0) is 61.0 Å². The van der Waals surface area contributed by atoms with E-state index in [0.717, 1.165) is 5.57 Å². The molecule has 0 aliphatic heterocycles. The number of carboxylic acids is 1. The summed E-state index contributed by atoms with van der Waals surface area (Å²) < 4.78 is 5.14. The number of hydrogen-bond acceptors (Lipinski definition) is 9. The fourth-order valence-electron chi connectivity index (χ4n) is 8.76. The molecule has 3 saturated carbocycles. The third kappa shape index (κ3) is 5.76. The van der Waals surface area contributed by atoms with Crippen LogP contribution in [0.2, 0.25) is 0 Å². The maximum atomic E-state index is 13.8. The van der Waals surface area contributed by atoms with E-state index >= 15 is 0 Å². The van der Waals surface area contributed by atoms with Gasteiger partial charge in [-0.15, -0.1) is 0 Å². The zero-order chi connectivity index (χ0) is 32.7. The molecule has 45 heavy (non-hydrogen) atoms. The molecule has 0 aromatic heterocycles. The summed E-state index contributed by atoms with van der Waals surface area (Å²) in [6, 6.07) is 6.33. The smallest absolute Gasteiger partial charge is 0.329 e. The second-order valence-electron chi connectivity index (χ2n) is 13.6. The monoisotopic (exact) mass is 623 g/mol. The number of ketones is 3. The SMILES string of the molecule is C[C@]12CCC(=O)C=C1CC[C@H]1[C@H]2C(=O)C[C@@]2(C)[C@H]1CC[C@]2(O)C(=O)COC(=O)CCC(=O)N[C@H](C(=O)O)[C@H](O)c1ccccc1. The van der Waals surface area contributed by atoms with Gasteiger partial charge in [-0.2, -0.15) is 0 Å².